The molecule has 0 bridgehead atoms. The molecule has 0 fully saturated rings. The highest BCUT2D eigenvalue weighted by atomic mass is 32.2. The monoisotopic (exact) mass is 169 g/mol. The highest BCUT2D eigenvalue weighted by Gasteiger charge is 2.11. The second kappa shape index (κ2) is 2.87. The van der Waals surface area contributed by atoms with Gasteiger partial charge in [-0.3, -0.25) is 0 Å². The maximum atomic E-state index is 4.31. The summed E-state index contributed by atoms with van der Waals surface area (Å²) >= 11 is 1.76. The molecule has 0 spiro atoms. The summed E-state index contributed by atoms with van der Waals surface area (Å²) in [4.78, 5) is 4.31. The maximum Gasteiger partial charge on any atom is 0.123 e. The van der Waals surface area contributed by atoms with E-state index >= 15 is 0 Å². The number of hydrogen-bond donors (Lipinski definition) is 1. The van der Waals surface area contributed by atoms with E-state index < -0.39 is 0 Å². The first-order valence-electron chi connectivity index (χ1n) is 3.71. The minimum absolute atomic E-state index is 0.917. The van der Waals surface area contributed by atoms with Crippen LogP contribution in [0.4, 0.5) is 0 Å². The van der Waals surface area contributed by atoms with Crippen molar-refractivity contribution in [2.24, 2.45) is 0 Å². The molecule has 1 aromatic heterocycles. The first kappa shape index (κ1) is 7.18. The van der Waals surface area contributed by atoms with Gasteiger partial charge in [0.2, 0.25) is 0 Å². The summed E-state index contributed by atoms with van der Waals surface area (Å²) in [6.07, 6.45) is 4.04. The van der Waals surface area contributed by atoms with Crippen LogP contribution in [-0.2, 0) is 13.1 Å². The lowest BCUT2D eigenvalue weighted by molar-refractivity contribution is 0.484. The Labute approximate surface area is 70.2 Å². The SMILES string of the molecule is CSc1cnc2n1CCNC2. The lowest BCUT2D eigenvalue weighted by Gasteiger charge is -2.16. The second-order valence-electron chi connectivity index (χ2n) is 2.55. The molecular weight excluding hydrogens is 158 g/mol. The van der Waals surface area contributed by atoms with Gasteiger partial charge in [-0.25, -0.2) is 4.98 Å². The lowest BCUT2D eigenvalue weighted by atomic mass is 10.4. The zero-order chi connectivity index (χ0) is 7.68. The molecule has 11 heavy (non-hydrogen) atoms. The highest BCUT2D eigenvalue weighted by molar-refractivity contribution is 7.98. The molecule has 4 heteroatoms. The van der Waals surface area contributed by atoms with Crippen LogP contribution in [0, 0.1) is 0 Å². The summed E-state index contributed by atoms with van der Waals surface area (Å²) in [6.45, 7) is 3.04. The maximum absolute atomic E-state index is 4.31. The topological polar surface area (TPSA) is 29.9 Å². The summed E-state index contributed by atoms with van der Waals surface area (Å²) in [6, 6.07) is 0. The Morgan fingerprint density at radius 1 is 1.73 bits per heavy atom. The first-order valence-corrected chi connectivity index (χ1v) is 4.93. The van der Waals surface area contributed by atoms with Crippen LogP contribution in [0.15, 0.2) is 11.2 Å². The summed E-state index contributed by atoms with van der Waals surface area (Å²) in [5.74, 6) is 1.17. The Morgan fingerprint density at radius 2 is 2.64 bits per heavy atom. The quantitative estimate of drug-likeness (QED) is 0.628. The Hall–Kier alpha value is -0.480. The fourth-order valence-electron chi connectivity index (χ4n) is 1.33. The minimum Gasteiger partial charge on any atom is -0.321 e. The van der Waals surface area contributed by atoms with Gasteiger partial charge in [-0.2, -0.15) is 0 Å². The van der Waals surface area contributed by atoms with Gasteiger partial charge in [0, 0.05) is 13.1 Å². The fraction of sp³-hybridized carbons (Fsp3) is 0.571. The van der Waals surface area contributed by atoms with Crippen LogP contribution < -0.4 is 5.32 Å². The van der Waals surface area contributed by atoms with Crippen molar-refractivity contribution in [2.45, 2.75) is 18.1 Å². The number of nitrogens with zero attached hydrogens (tertiary/aromatic N) is 2. The van der Waals surface area contributed by atoms with E-state index in [0.29, 0.717) is 0 Å². The van der Waals surface area contributed by atoms with E-state index in [0.717, 1.165) is 19.6 Å². The smallest absolute Gasteiger partial charge is 0.123 e. The number of aromatic nitrogens is 2. The van der Waals surface area contributed by atoms with Gasteiger partial charge in [0.15, 0.2) is 0 Å². The van der Waals surface area contributed by atoms with Gasteiger partial charge in [-0.15, -0.1) is 11.8 Å². The molecule has 3 nitrogen and oxygen atoms in total. The van der Waals surface area contributed by atoms with Crippen LogP contribution in [0.3, 0.4) is 0 Å². The lowest BCUT2D eigenvalue weighted by Crippen LogP contribution is -2.28. The molecule has 0 atom stereocenters. The van der Waals surface area contributed by atoms with Gasteiger partial charge in [0.05, 0.1) is 17.8 Å². The molecule has 2 heterocycles. The Balaban J connectivity index is 2.38. The van der Waals surface area contributed by atoms with E-state index in [2.05, 4.69) is 21.1 Å². The molecule has 0 saturated carbocycles. The van der Waals surface area contributed by atoms with Crippen molar-refractivity contribution in [3.05, 3.63) is 12.0 Å². The minimum atomic E-state index is 0.917. The number of rotatable bonds is 1. The predicted octanol–water partition coefficient (Wildman–Crippen LogP) is 0.708. The van der Waals surface area contributed by atoms with E-state index in [1.54, 1.807) is 11.8 Å². The van der Waals surface area contributed by atoms with Crippen LogP contribution in [0.1, 0.15) is 5.82 Å². The molecule has 1 aliphatic heterocycles. The standard InChI is InChI=1S/C7H11N3S/c1-11-7-5-9-6-4-8-2-3-10(6)7/h5,8H,2-4H2,1H3. The first-order chi connectivity index (χ1) is 5.42. The molecule has 0 aliphatic carbocycles. The number of nitrogens with one attached hydrogen (secondary N) is 1. The van der Waals surface area contributed by atoms with Crippen molar-refractivity contribution in [1.29, 1.82) is 0 Å². The molecule has 2 rings (SSSR count). The molecule has 60 valence electrons. The summed E-state index contributed by atoms with van der Waals surface area (Å²) in [5, 5.41) is 4.56. The van der Waals surface area contributed by atoms with Crippen LogP contribution in [0.2, 0.25) is 0 Å². The van der Waals surface area contributed by atoms with Crippen molar-refractivity contribution >= 4 is 11.8 Å². The number of fused-ring (bicyclic) bond motifs is 1. The van der Waals surface area contributed by atoms with Gasteiger partial charge in [-0.05, 0) is 6.26 Å². The van der Waals surface area contributed by atoms with E-state index in [-0.39, 0.29) is 0 Å². The van der Waals surface area contributed by atoms with Gasteiger partial charge >= 0.3 is 0 Å². The van der Waals surface area contributed by atoms with Crippen molar-refractivity contribution in [2.75, 3.05) is 12.8 Å². The second-order valence-corrected chi connectivity index (χ2v) is 3.37. The predicted molar refractivity (Wildman–Crippen MR) is 45.7 cm³/mol. The average molecular weight is 169 g/mol. The molecule has 0 amide bonds. The van der Waals surface area contributed by atoms with E-state index in [1.165, 1.54) is 10.9 Å². The molecule has 1 aliphatic rings. The van der Waals surface area contributed by atoms with Gasteiger partial charge < -0.3 is 9.88 Å². The molecular formula is C7H11N3S. The van der Waals surface area contributed by atoms with Gasteiger partial charge in [0.1, 0.15) is 5.82 Å². The number of hydrogen-bond acceptors (Lipinski definition) is 3. The Morgan fingerprint density at radius 3 is 3.45 bits per heavy atom. The van der Waals surface area contributed by atoms with Gasteiger partial charge in [0.25, 0.3) is 0 Å². The van der Waals surface area contributed by atoms with E-state index in [4.69, 9.17) is 0 Å². The van der Waals surface area contributed by atoms with Crippen molar-refractivity contribution in [3.8, 4) is 0 Å². The number of thioether (sulfide) groups is 1. The fourth-order valence-corrected chi connectivity index (χ4v) is 1.91. The summed E-state index contributed by atoms with van der Waals surface area (Å²) in [5.41, 5.74) is 0. The van der Waals surface area contributed by atoms with Crippen molar-refractivity contribution in [1.82, 2.24) is 14.9 Å². The normalized spacial score (nSPS) is 16.5. The van der Waals surface area contributed by atoms with Crippen LogP contribution in [-0.4, -0.2) is 22.4 Å². The zero-order valence-electron chi connectivity index (χ0n) is 6.50. The Kier molecular flexibility index (Phi) is 1.87. The largest absolute Gasteiger partial charge is 0.321 e. The molecule has 0 radical (unpaired) electrons. The molecule has 0 aromatic carbocycles. The van der Waals surface area contributed by atoms with Crippen molar-refractivity contribution in [3.63, 3.8) is 0 Å². The molecule has 1 aromatic rings. The number of imidazole rings is 1. The molecule has 1 N–H and O–H groups in total. The summed E-state index contributed by atoms with van der Waals surface area (Å²) < 4.78 is 2.28. The third kappa shape index (κ3) is 1.16. The summed E-state index contributed by atoms with van der Waals surface area (Å²) in [7, 11) is 0. The molecule has 0 saturated heterocycles. The highest BCUT2D eigenvalue weighted by Crippen LogP contribution is 2.17. The molecule has 0 unspecified atom stereocenters. The van der Waals surface area contributed by atoms with E-state index in [1.807, 2.05) is 6.20 Å². The van der Waals surface area contributed by atoms with E-state index in [9.17, 15) is 0 Å². The third-order valence-corrected chi connectivity index (χ3v) is 2.65. The van der Waals surface area contributed by atoms with Crippen LogP contribution >= 0.6 is 11.8 Å². The average Bonchev–Trinajstić information content (AvgIpc) is 2.47. The van der Waals surface area contributed by atoms with Gasteiger partial charge in [-0.1, -0.05) is 0 Å². The van der Waals surface area contributed by atoms with Crippen LogP contribution in [0.25, 0.3) is 0 Å². The third-order valence-electron chi connectivity index (χ3n) is 1.91. The zero-order valence-corrected chi connectivity index (χ0v) is 7.32. The Bertz CT molecular complexity index is 243. The van der Waals surface area contributed by atoms with Crippen molar-refractivity contribution < 1.29 is 0 Å². The van der Waals surface area contributed by atoms with Crippen LogP contribution in [0.5, 0.6) is 0 Å².